The van der Waals surface area contributed by atoms with E-state index in [1.54, 1.807) is 0 Å². The van der Waals surface area contributed by atoms with E-state index in [0.29, 0.717) is 18.7 Å². The zero-order valence-electron chi connectivity index (χ0n) is 12.1. The molecule has 22 heavy (non-hydrogen) atoms. The van der Waals surface area contributed by atoms with Crippen molar-refractivity contribution in [2.24, 2.45) is 5.92 Å². The molecule has 1 aliphatic rings. The Kier molecular flexibility index (Phi) is 5.94. The third-order valence-electron chi connectivity index (χ3n) is 3.64. The molecule has 3 N–H and O–H groups in total. The van der Waals surface area contributed by atoms with Crippen molar-refractivity contribution < 1.29 is 23.4 Å². The predicted octanol–water partition coefficient (Wildman–Crippen LogP) is 2.96. The molecule has 2 rings (SSSR count). The number of aliphatic hydroxyl groups is 1. The third kappa shape index (κ3) is 5.48. The van der Waals surface area contributed by atoms with E-state index in [-0.39, 0.29) is 23.8 Å². The summed E-state index contributed by atoms with van der Waals surface area (Å²) in [7, 11) is 0. The Labute approximate surface area is 127 Å². The molecule has 122 valence electrons. The first-order valence-electron chi connectivity index (χ1n) is 7.30. The lowest BCUT2D eigenvalue weighted by Crippen LogP contribution is -2.35. The van der Waals surface area contributed by atoms with Crippen molar-refractivity contribution in [2.45, 2.75) is 38.4 Å². The molecule has 0 saturated heterocycles. The molecule has 1 aliphatic carbocycles. The average molecular weight is 314 g/mol. The van der Waals surface area contributed by atoms with Gasteiger partial charge in [-0.1, -0.05) is 6.42 Å². The number of nitrogens with one attached hydrogen (secondary N) is 2. The number of hydrogen-bond acceptors (Lipinski definition) is 3. The summed E-state index contributed by atoms with van der Waals surface area (Å²) in [5, 5.41) is 14.9. The van der Waals surface area contributed by atoms with E-state index in [0.717, 1.165) is 19.3 Å². The summed E-state index contributed by atoms with van der Waals surface area (Å²) < 4.78 is 28.3. The van der Waals surface area contributed by atoms with Gasteiger partial charge in [-0.25, -0.2) is 4.79 Å². The number of hydrogen-bond donors (Lipinski definition) is 3. The van der Waals surface area contributed by atoms with E-state index >= 15 is 0 Å². The van der Waals surface area contributed by atoms with Crippen LogP contribution < -0.4 is 15.4 Å². The Morgan fingerprint density at radius 3 is 2.68 bits per heavy atom. The number of anilines is 1. The minimum Gasteiger partial charge on any atom is -0.435 e. The lowest BCUT2D eigenvalue weighted by Gasteiger charge is -2.25. The van der Waals surface area contributed by atoms with Crippen LogP contribution in [0.2, 0.25) is 0 Å². The van der Waals surface area contributed by atoms with E-state index in [9.17, 15) is 18.7 Å². The van der Waals surface area contributed by atoms with Crippen molar-refractivity contribution in [1.82, 2.24) is 5.32 Å². The van der Waals surface area contributed by atoms with Crippen LogP contribution in [0, 0.1) is 5.92 Å². The molecule has 1 saturated carbocycles. The van der Waals surface area contributed by atoms with Gasteiger partial charge in [0.15, 0.2) is 0 Å². The smallest absolute Gasteiger partial charge is 0.387 e. The van der Waals surface area contributed by atoms with Gasteiger partial charge < -0.3 is 20.5 Å². The number of urea groups is 1. The summed E-state index contributed by atoms with van der Waals surface area (Å²) in [6, 6.07) is 5.34. The Morgan fingerprint density at radius 2 is 2.05 bits per heavy atom. The molecule has 0 radical (unpaired) electrons. The van der Waals surface area contributed by atoms with E-state index in [2.05, 4.69) is 15.4 Å². The van der Waals surface area contributed by atoms with Gasteiger partial charge in [-0.05, 0) is 49.4 Å². The Morgan fingerprint density at radius 1 is 1.32 bits per heavy atom. The van der Waals surface area contributed by atoms with Crippen LogP contribution in [0.15, 0.2) is 24.3 Å². The molecule has 0 bridgehead atoms. The first-order valence-corrected chi connectivity index (χ1v) is 7.30. The number of carbonyl (C=O) groups is 1. The third-order valence-corrected chi connectivity index (χ3v) is 3.64. The zero-order chi connectivity index (χ0) is 15.9. The van der Waals surface area contributed by atoms with Crippen LogP contribution >= 0.6 is 0 Å². The molecule has 2 atom stereocenters. The Hall–Kier alpha value is -1.89. The SMILES string of the molecule is O=C(NCC1CCCC(O)C1)Nc1ccc(OC(F)F)cc1. The highest BCUT2D eigenvalue weighted by molar-refractivity contribution is 5.89. The maximum Gasteiger partial charge on any atom is 0.387 e. The number of ether oxygens (including phenoxy) is 1. The van der Waals surface area contributed by atoms with Crippen LogP contribution in [0.1, 0.15) is 25.7 Å². The van der Waals surface area contributed by atoms with Crippen LogP contribution in [0.5, 0.6) is 5.75 Å². The number of amides is 2. The van der Waals surface area contributed by atoms with Crippen LogP contribution in [0.25, 0.3) is 0 Å². The standard InChI is InChI=1S/C15H20F2N2O3/c16-14(17)22-13-6-4-11(5-7-13)19-15(21)18-9-10-2-1-3-12(20)8-10/h4-7,10,12,14,20H,1-3,8-9H2,(H2,18,19,21). The molecule has 1 fully saturated rings. The van der Waals surface area contributed by atoms with Gasteiger partial charge in [0.2, 0.25) is 0 Å². The molecule has 0 aliphatic heterocycles. The molecule has 1 aromatic rings. The summed E-state index contributed by atoms with van der Waals surface area (Å²) in [6.45, 7) is -2.36. The highest BCUT2D eigenvalue weighted by Gasteiger charge is 2.20. The van der Waals surface area contributed by atoms with Crippen molar-refractivity contribution in [2.75, 3.05) is 11.9 Å². The molecule has 0 aromatic heterocycles. The Bertz CT molecular complexity index is 482. The number of benzene rings is 1. The highest BCUT2D eigenvalue weighted by Crippen LogP contribution is 2.23. The Balaban J connectivity index is 1.74. The van der Waals surface area contributed by atoms with E-state index in [1.165, 1.54) is 24.3 Å². The van der Waals surface area contributed by atoms with Crippen molar-refractivity contribution in [3.05, 3.63) is 24.3 Å². The first kappa shape index (κ1) is 16.5. The number of carbonyl (C=O) groups excluding carboxylic acids is 1. The second-order valence-corrected chi connectivity index (χ2v) is 5.42. The van der Waals surface area contributed by atoms with Gasteiger partial charge >= 0.3 is 12.6 Å². The minimum atomic E-state index is -2.87. The molecule has 5 nitrogen and oxygen atoms in total. The summed E-state index contributed by atoms with van der Waals surface area (Å²) in [4.78, 5) is 11.8. The van der Waals surface area contributed by atoms with Gasteiger partial charge in [0.1, 0.15) is 5.75 Å². The lowest BCUT2D eigenvalue weighted by atomic mass is 9.87. The van der Waals surface area contributed by atoms with Crippen molar-refractivity contribution in [3.63, 3.8) is 0 Å². The van der Waals surface area contributed by atoms with Gasteiger partial charge in [-0.2, -0.15) is 8.78 Å². The van der Waals surface area contributed by atoms with E-state index in [4.69, 9.17) is 0 Å². The lowest BCUT2D eigenvalue weighted by molar-refractivity contribution is -0.0498. The number of alkyl halides is 2. The molecule has 7 heteroatoms. The van der Waals surface area contributed by atoms with Crippen molar-refractivity contribution >= 4 is 11.7 Å². The molecule has 2 unspecified atom stereocenters. The summed E-state index contributed by atoms with van der Waals surface area (Å²) in [5.41, 5.74) is 0.489. The maximum absolute atomic E-state index is 12.0. The summed E-state index contributed by atoms with van der Waals surface area (Å²) >= 11 is 0. The van der Waals surface area contributed by atoms with Gasteiger partial charge in [-0.15, -0.1) is 0 Å². The fourth-order valence-corrected chi connectivity index (χ4v) is 2.58. The van der Waals surface area contributed by atoms with Crippen molar-refractivity contribution in [3.8, 4) is 5.75 Å². The van der Waals surface area contributed by atoms with Crippen LogP contribution in [-0.4, -0.2) is 30.4 Å². The van der Waals surface area contributed by atoms with Gasteiger partial charge in [0.25, 0.3) is 0 Å². The molecular formula is C15H20F2N2O3. The summed E-state index contributed by atoms with van der Waals surface area (Å²) in [5.74, 6) is 0.327. The largest absolute Gasteiger partial charge is 0.435 e. The van der Waals surface area contributed by atoms with Crippen molar-refractivity contribution in [1.29, 1.82) is 0 Å². The van der Waals surface area contributed by atoms with Crippen LogP contribution in [-0.2, 0) is 0 Å². The zero-order valence-corrected chi connectivity index (χ0v) is 12.1. The molecule has 1 aromatic carbocycles. The van der Waals surface area contributed by atoms with E-state index in [1.807, 2.05) is 0 Å². The monoisotopic (exact) mass is 314 g/mol. The molecule has 0 heterocycles. The number of rotatable bonds is 5. The number of aliphatic hydroxyl groups excluding tert-OH is 1. The predicted molar refractivity (Wildman–Crippen MR) is 78.1 cm³/mol. The van der Waals surface area contributed by atoms with Gasteiger partial charge in [0, 0.05) is 12.2 Å². The molecule has 0 spiro atoms. The quantitative estimate of drug-likeness (QED) is 0.782. The summed E-state index contributed by atoms with van der Waals surface area (Å²) in [6.07, 6.45) is 3.24. The topological polar surface area (TPSA) is 70.6 Å². The second-order valence-electron chi connectivity index (χ2n) is 5.42. The number of halogens is 2. The van der Waals surface area contributed by atoms with Gasteiger partial charge in [0.05, 0.1) is 6.10 Å². The van der Waals surface area contributed by atoms with E-state index < -0.39 is 6.61 Å². The average Bonchev–Trinajstić information content (AvgIpc) is 2.47. The maximum atomic E-state index is 12.0. The molecule has 2 amide bonds. The second kappa shape index (κ2) is 7.93. The first-order chi connectivity index (χ1) is 10.5. The van der Waals surface area contributed by atoms with Crippen LogP contribution in [0.4, 0.5) is 19.3 Å². The fourth-order valence-electron chi connectivity index (χ4n) is 2.58. The highest BCUT2D eigenvalue weighted by atomic mass is 19.3. The molecular weight excluding hydrogens is 294 g/mol. The normalized spacial score (nSPS) is 21.5. The van der Waals surface area contributed by atoms with Gasteiger partial charge in [-0.3, -0.25) is 0 Å². The van der Waals surface area contributed by atoms with Crippen LogP contribution in [0.3, 0.4) is 0 Å². The fraction of sp³-hybridized carbons (Fsp3) is 0.533. The minimum absolute atomic E-state index is 0.0390.